The van der Waals surface area contributed by atoms with E-state index in [1.165, 1.54) is 30.3 Å². The normalized spacial score (nSPS) is 12.0. The number of sulfone groups is 1. The average molecular weight is 469 g/mol. The number of halogens is 3. The van der Waals surface area contributed by atoms with Gasteiger partial charge in [-0.25, -0.2) is 8.42 Å². The predicted octanol–water partition coefficient (Wildman–Crippen LogP) is 5.72. The van der Waals surface area contributed by atoms with Gasteiger partial charge >= 0.3 is 6.18 Å². The van der Waals surface area contributed by atoms with Crippen LogP contribution in [0.1, 0.15) is 22.9 Å². The van der Waals surface area contributed by atoms with Crippen molar-refractivity contribution in [2.24, 2.45) is 0 Å². The van der Waals surface area contributed by atoms with Crippen LogP contribution < -0.4 is 4.74 Å². The second-order valence-corrected chi connectivity index (χ2v) is 10.2. The number of carbonyl (C=O) groups is 1. The molecule has 0 spiro atoms. The molecule has 0 radical (unpaired) electrons. The minimum atomic E-state index is -4.44. The second-order valence-electron chi connectivity index (χ2n) is 6.73. The summed E-state index contributed by atoms with van der Waals surface area (Å²) in [6.45, 7) is 3.81. The van der Waals surface area contributed by atoms with Crippen molar-refractivity contribution in [3.63, 3.8) is 0 Å². The SMILES string of the molecule is CCOc1cc(CC=O)cc(S(=O)(=O)c2cc(-c3ccc(C(F)(F)F)cc3)c(C)s2)c1. The number of rotatable bonds is 7. The molecule has 0 saturated carbocycles. The van der Waals surface area contributed by atoms with E-state index in [4.69, 9.17) is 4.74 Å². The monoisotopic (exact) mass is 468 g/mol. The zero-order chi connectivity index (χ0) is 22.8. The van der Waals surface area contributed by atoms with Crippen LogP contribution in [0.2, 0.25) is 0 Å². The molecular formula is C22H19F3O4S2. The lowest BCUT2D eigenvalue weighted by Crippen LogP contribution is -2.04. The van der Waals surface area contributed by atoms with Crippen molar-refractivity contribution in [2.45, 2.75) is 35.5 Å². The highest BCUT2D eigenvalue weighted by Crippen LogP contribution is 2.38. The van der Waals surface area contributed by atoms with E-state index in [9.17, 15) is 26.4 Å². The molecule has 0 unspecified atom stereocenters. The van der Waals surface area contributed by atoms with Gasteiger partial charge < -0.3 is 9.53 Å². The molecule has 3 rings (SSSR count). The summed E-state index contributed by atoms with van der Waals surface area (Å²) in [5.74, 6) is 0.344. The van der Waals surface area contributed by atoms with Crippen LogP contribution in [0.5, 0.6) is 5.75 Å². The van der Waals surface area contributed by atoms with E-state index >= 15 is 0 Å². The van der Waals surface area contributed by atoms with Gasteiger partial charge in [0.2, 0.25) is 9.84 Å². The van der Waals surface area contributed by atoms with Crippen LogP contribution in [0.4, 0.5) is 13.2 Å². The summed E-state index contributed by atoms with van der Waals surface area (Å²) in [5.41, 5.74) is 0.780. The number of ether oxygens (including phenoxy) is 1. The zero-order valence-electron chi connectivity index (χ0n) is 16.7. The number of aldehydes is 1. The highest BCUT2D eigenvalue weighted by Gasteiger charge is 2.30. The van der Waals surface area contributed by atoms with E-state index < -0.39 is 21.6 Å². The molecule has 2 aromatic carbocycles. The number of hydrogen-bond donors (Lipinski definition) is 0. The van der Waals surface area contributed by atoms with E-state index in [1.807, 2.05) is 0 Å². The van der Waals surface area contributed by atoms with Crippen molar-refractivity contribution in [3.8, 4) is 16.9 Å². The van der Waals surface area contributed by atoms with E-state index in [2.05, 4.69) is 0 Å². The van der Waals surface area contributed by atoms with Crippen LogP contribution >= 0.6 is 11.3 Å². The lowest BCUT2D eigenvalue weighted by Gasteiger charge is -2.09. The van der Waals surface area contributed by atoms with Crippen molar-refractivity contribution in [2.75, 3.05) is 6.61 Å². The molecule has 0 aliphatic heterocycles. The lowest BCUT2D eigenvalue weighted by atomic mass is 10.0. The van der Waals surface area contributed by atoms with Crippen LogP contribution in [0.15, 0.2) is 57.6 Å². The molecule has 3 aromatic rings. The van der Waals surface area contributed by atoms with Gasteiger partial charge in [0.15, 0.2) is 0 Å². The molecule has 0 atom stereocenters. The molecule has 0 aliphatic carbocycles. The summed E-state index contributed by atoms with van der Waals surface area (Å²) < 4.78 is 70.4. The summed E-state index contributed by atoms with van der Waals surface area (Å²) >= 11 is 1.04. The van der Waals surface area contributed by atoms with Crippen molar-refractivity contribution >= 4 is 27.5 Å². The Morgan fingerprint density at radius 1 is 1.06 bits per heavy atom. The van der Waals surface area contributed by atoms with E-state index in [1.54, 1.807) is 19.9 Å². The quantitative estimate of drug-likeness (QED) is 0.417. The summed E-state index contributed by atoms with van der Waals surface area (Å²) in [6, 6.07) is 10.5. The zero-order valence-corrected chi connectivity index (χ0v) is 18.3. The molecule has 1 aromatic heterocycles. The number of hydrogen-bond acceptors (Lipinski definition) is 5. The van der Waals surface area contributed by atoms with Crippen LogP contribution in [0.3, 0.4) is 0 Å². The molecule has 4 nitrogen and oxygen atoms in total. The standard InChI is InChI=1S/C22H19F3O4S2/c1-3-29-18-10-15(8-9-26)11-19(12-18)31(27,28)21-13-20(14(2)30-21)16-4-6-17(7-5-16)22(23,24)25/h4-7,9-13H,3,8H2,1-2H3. The highest BCUT2D eigenvalue weighted by atomic mass is 32.2. The molecular weight excluding hydrogens is 449 g/mol. The number of benzene rings is 2. The first-order chi connectivity index (χ1) is 14.6. The largest absolute Gasteiger partial charge is 0.494 e. The number of carbonyl (C=O) groups excluding carboxylic acids is 1. The summed E-state index contributed by atoms with van der Waals surface area (Å²) in [5, 5.41) is 0. The first-order valence-electron chi connectivity index (χ1n) is 9.29. The van der Waals surface area contributed by atoms with Gasteiger partial charge in [0.25, 0.3) is 0 Å². The second kappa shape index (κ2) is 8.84. The van der Waals surface area contributed by atoms with Crippen molar-refractivity contribution in [1.29, 1.82) is 0 Å². The van der Waals surface area contributed by atoms with Gasteiger partial charge in [-0.15, -0.1) is 11.3 Å². The average Bonchev–Trinajstić information content (AvgIpc) is 3.10. The Balaban J connectivity index is 2.03. The molecule has 164 valence electrons. The number of thiophene rings is 1. The Labute approximate surface area is 182 Å². The van der Waals surface area contributed by atoms with Crippen LogP contribution in [0, 0.1) is 6.92 Å². The fourth-order valence-corrected chi connectivity index (χ4v) is 6.03. The Bertz CT molecular complexity index is 1190. The number of aryl methyl sites for hydroxylation is 1. The highest BCUT2D eigenvalue weighted by molar-refractivity contribution is 7.93. The first kappa shape index (κ1) is 23.0. The van der Waals surface area contributed by atoms with Crippen molar-refractivity contribution < 1.29 is 31.1 Å². The Kier molecular flexibility index (Phi) is 6.56. The van der Waals surface area contributed by atoms with Crippen LogP contribution in [0.25, 0.3) is 11.1 Å². The van der Waals surface area contributed by atoms with Gasteiger partial charge in [0.05, 0.1) is 17.1 Å². The third kappa shape index (κ3) is 4.99. The fraction of sp³-hybridized carbons (Fsp3) is 0.227. The van der Waals surface area contributed by atoms with Gasteiger partial charge in [-0.3, -0.25) is 0 Å². The molecule has 0 saturated heterocycles. The minimum absolute atomic E-state index is 0.00415. The molecule has 0 fully saturated rings. The third-order valence-electron chi connectivity index (χ3n) is 4.56. The lowest BCUT2D eigenvalue weighted by molar-refractivity contribution is -0.137. The maximum atomic E-state index is 13.2. The molecule has 0 N–H and O–H groups in total. The first-order valence-corrected chi connectivity index (χ1v) is 11.6. The van der Waals surface area contributed by atoms with Gasteiger partial charge in [-0.2, -0.15) is 13.2 Å². The Hall–Kier alpha value is -2.65. The van der Waals surface area contributed by atoms with E-state index in [0.29, 0.717) is 40.2 Å². The summed E-state index contributed by atoms with van der Waals surface area (Å²) in [6.07, 6.45) is -3.72. The van der Waals surface area contributed by atoms with Gasteiger partial charge in [-0.1, -0.05) is 12.1 Å². The molecule has 31 heavy (non-hydrogen) atoms. The Morgan fingerprint density at radius 3 is 2.32 bits per heavy atom. The molecule has 9 heteroatoms. The fourth-order valence-electron chi connectivity index (χ4n) is 3.08. The predicted molar refractivity (Wildman–Crippen MR) is 112 cm³/mol. The topological polar surface area (TPSA) is 60.4 Å². The Morgan fingerprint density at radius 2 is 1.74 bits per heavy atom. The molecule has 1 heterocycles. The summed E-state index contributed by atoms with van der Waals surface area (Å²) in [7, 11) is -3.92. The van der Waals surface area contributed by atoms with Crippen molar-refractivity contribution in [1.82, 2.24) is 0 Å². The maximum absolute atomic E-state index is 13.2. The van der Waals surface area contributed by atoms with Gasteiger partial charge in [0.1, 0.15) is 16.2 Å². The minimum Gasteiger partial charge on any atom is -0.494 e. The smallest absolute Gasteiger partial charge is 0.416 e. The molecule has 0 aliphatic rings. The van der Waals surface area contributed by atoms with Gasteiger partial charge in [-0.05, 0) is 66.9 Å². The molecule has 0 bridgehead atoms. The van der Waals surface area contributed by atoms with Crippen LogP contribution in [-0.2, 0) is 27.2 Å². The third-order valence-corrected chi connectivity index (χ3v) is 7.82. The number of alkyl halides is 3. The van der Waals surface area contributed by atoms with Gasteiger partial charge in [0, 0.05) is 11.3 Å². The van der Waals surface area contributed by atoms with Crippen LogP contribution in [-0.4, -0.2) is 21.3 Å². The van der Waals surface area contributed by atoms with E-state index in [-0.39, 0.29) is 15.5 Å². The van der Waals surface area contributed by atoms with E-state index in [0.717, 1.165) is 23.5 Å². The molecule has 0 amide bonds. The summed E-state index contributed by atoms with van der Waals surface area (Å²) in [4.78, 5) is 11.6. The maximum Gasteiger partial charge on any atom is 0.416 e. The van der Waals surface area contributed by atoms with Crippen molar-refractivity contribution in [3.05, 3.63) is 64.5 Å².